The van der Waals surface area contributed by atoms with Gasteiger partial charge in [-0.15, -0.1) is 0 Å². The SMILES string of the molecule is CPC(=O)C(CCSCCCOCC=O)NC(C)(C)C. The Kier molecular flexibility index (Phi) is 11.7. The van der Waals surface area contributed by atoms with Crippen molar-refractivity contribution >= 4 is 32.2 Å². The van der Waals surface area contributed by atoms with Crippen LogP contribution >= 0.6 is 20.3 Å². The van der Waals surface area contributed by atoms with E-state index in [9.17, 15) is 9.59 Å². The molecule has 0 spiro atoms. The summed E-state index contributed by atoms with van der Waals surface area (Å²) in [5, 5.41) is 3.41. The van der Waals surface area contributed by atoms with Gasteiger partial charge in [-0.25, -0.2) is 0 Å². The summed E-state index contributed by atoms with van der Waals surface area (Å²) in [6, 6.07) is -0.0304. The lowest BCUT2D eigenvalue weighted by molar-refractivity contribution is -0.113. The van der Waals surface area contributed by atoms with Gasteiger partial charge in [0.1, 0.15) is 12.9 Å². The van der Waals surface area contributed by atoms with Crippen molar-refractivity contribution in [3.8, 4) is 0 Å². The van der Waals surface area contributed by atoms with E-state index in [4.69, 9.17) is 4.74 Å². The molecule has 0 radical (unpaired) electrons. The lowest BCUT2D eigenvalue weighted by Crippen LogP contribution is -2.47. The number of hydrogen-bond acceptors (Lipinski definition) is 5. The van der Waals surface area contributed by atoms with Crippen LogP contribution in [0.25, 0.3) is 0 Å². The van der Waals surface area contributed by atoms with Gasteiger partial charge in [-0.2, -0.15) is 11.8 Å². The molecule has 0 fully saturated rings. The Labute approximate surface area is 129 Å². The Morgan fingerprint density at radius 1 is 1.40 bits per heavy atom. The predicted molar refractivity (Wildman–Crippen MR) is 89.4 cm³/mol. The molecule has 0 bridgehead atoms. The van der Waals surface area contributed by atoms with Gasteiger partial charge in [0.25, 0.3) is 0 Å². The van der Waals surface area contributed by atoms with Crippen LogP contribution in [0.2, 0.25) is 0 Å². The van der Waals surface area contributed by atoms with E-state index in [1.165, 1.54) is 0 Å². The summed E-state index contributed by atoms with van der Waals surface area (Å²) in [5.74, 6) is 1.97. The molecule has 0 saturated carbocycles. The molecule has 0 aromatic heterocycles. The number of rotatable bonds is 12. The summed E-state index contributed by atoms with van der Waals surface area (Å²) in [7, 11) is 0.346. The van der Waals surface area contributed by atoms with Crippen LogP contribution in [0.15, 0.2) is 0 Å². The molecule has 0 aromatic carbocycles. The van der Waals surface area contributed by atoms with E-state index in [0.29, 0.717) is 20.7 Å². The highest BCUT2D eigenvalue weighted by Crippen LogP contribution is 2.16. The second-order valence-electron chi connectivity index (χ2n) is 5.56. The van der Waals surface area contributed by atoms with E-state index in [0.717, 1.165) is 30.6 Å². The molecule has 6 heteroatoms. The molecule has 0 rings (SSSR count). The maximum atomic E-state index is 11.9. The molecule has 0 amide bonds. The minimum absolute atomic E-state index is 0.0304. The number of nitrogens with one attached hydrogen (secondary N) is 1. The van der Waals surface area contributed by atoms with Gasteiger partial charge in [0.05, 0.1) is 6.04 Å². The fourth-order valence-electron chi connectivity index (χ4n) is 1.66. The first-order valence-electron chi connectivity index (χ1n) is 6.99. The van der Waals surface area contributed by atoms with Crippen molar-refractivity contribution in [3.05, 3.63) is 0 Å². The van der Waals surface area contributed by atoms with Crippen LogP contribution in [0.1, 0.15) is 33.6 Å². The van der Waals surface area contributed by atoms with Gasteiger partial charge in [-0.05, 0) is 51.8 Å². The lowest BCUT2D eigenvalue weighted by atomic mass is 10.1. The van der Waals surface area contributed by atoms with E-state index in [2.05, 4.69) is 26.1 Å². The van der Waals surface area contributed by atoms with Crippen molar-refractivity contribution in [1.29, 1.82) is 0 Å². The van der Waals surface area contributed by atoms with Gasteiger partial charge in [0.2, 0.25) is 0 Å². The van der Waals surface area contributed by atoms with Crippen LogP contribution in [0.5, 0.6) is 0 Å². The van der Waals surface area contributed by atoms with Crippen molar-refractivity contribution < 1.29 is 14.3 Å². The summed E-state index contributed by atoms with van der Waals surface area (Å²) in [4.78, 5) is 22.0. The molecule has 0 aliphatic heterocycles. The van der Waals surface area contributed by atoms with Crippen molar-refractivity contribution in [2.75, 3.05) is 31.4 Å². The molecule has 0 aromatic rings. The molecule has 0 saturated heterocycles. The summed E-state index contributed by atoms with van der Waals surface area (Å²) in [6.07, 6.45) is 2.59. The molecular weight excluding hydrogens is 293 g/mol. The molecule has 4 nitrogen and oxygen atoms in total. The lowest BCUT2D eigenvalue weighted by Gasteiger charge is -2.27. The quantitative estimate of drug-likeness (QED) is 0.340. The highest BCUT2D eigenvalue weighted by molar-refractivity contribution is 7.99. The van der Waals surface area contributed by atoms with Gasteiger partial charge < -0.3 is 14.8 Å². The summed E-state index contributed by atoms with van der Waals surface area (Å²) in [5.41, 5.74) is 0.280. The zero-order valence-corrected chi connectivity index (χ0v) is 14.8. The van der Waals surface area contributed by atoms with Crippen LogP contribution in [0.4, 0.5) is 0 Å². The first-order chi connectivity index (χ1) is 9.40. The minimum Gasteiger partial charge on any atom is -0.374 e. The third kappa shape index (κ3) is 11.8. The van der Waals surface area contributed by atoms with Crippen molar-refractivity contribution in [1.82, 2.24) is 5.32 Å². The van der Waals surface area contributed by atoms with E-state index in [1.54, 1.807) is 0 Å². The van der Waals surface area contributed by atoms with Crippen LogP contribution in [-0.4, -0.2) is 54.8 Å². The zero-order valence-electron chi connectivity index (χ0n) is 13.0. The number of hydrogen-bond donors (Lipinski definition) is 1. The fraction of sp³-hybridized carbons (Fsp3) is 0.857. The molecule has 0 aliphatic rings. The monoisotopic (exact) mass is 321 g/mol. The highest BCUT2D eigenvalue weighted by Gasteiger charge is 2.21. The highest BCUT2D eigenvalue weighted by atomic mass is 32.2. The Balaban J connectivity index is 3.80. The van der Waals surface area contributed by atoms with Gasteiger partial charge in [0.15, 0.2) is 5.52 Å². The van der Waals surface area contributed by atoms with E-state index < -0.39 is 0 Å². The molecule has 0 aliphatic carbocycles. The molecule has 118 valence electrons. The Bertz CT molecular complexity index is 282. The molecule has 1 N–H and O–H groups in total. The van der Waals surface area contributed by atoms with Gasteiger partial charge >= 0.3 is 0 Å². The van der Waals surface area contributed by atoms with Crippen LogP contribution in [0, 0.1) is 0 Å². The molecular formula is C14H28NO3PS. The smallest absolute Gasteiger partial charge is 0.167 e. The van der Waals surface area contributed by atoms with Crippen molar-refractivity contribution in [2.24, 2.45) is 0 Å². The largest absolute Gasteiger partial charge is 0.374 e. The first kappa shape index (κ1) is 20.0. The van der Waals surface area contributed by atoms with Gasteiger partial charge in [0, 0.05) is 12.1 Å². The van der Waals surface area contributed by atoms with Crippen LogP contribution < -0.4 is 5.32 Å². The summed E-state index contributed by atoms with van der Waals surface area (Å²) < 4.78 is 5.09. The van der Waals surface area contributed by atoms with E-state index in [-0.39, 0.29) is 18.2 Å². The number of thioether (sulfide) groups is 1. The van der Waals surface area contributed by atoms with E-state index in [1.807, 2.05) is 18.4 Å². The third-order valence-electron chi connectivity index (χ3n) is 2.48. The average molecular weight is 321 g/mol. The molecule has 0 heterocycles. The van der Waals surface area contributed by atoms with Crippen molar-refractivity contribution in [3.63, 3.8) is 0 Å². The standard InChI is InChI=1S/C14H28NO3PS/c1-14(2,3)15-12(13(17)19-4)6-11-20-10-5-8-18-9-7-16/h7,12,15,19H,5-6,8-11H2,1-4H3. The number of carbonyl (C=O) groups excluding carboxylic acids is 2. The fourth-order valence-corrected chi connectivity index (χ4v) is 3.16. The number of carbonyl (C=O) groups is 2. The first-order valence-corrected chi connectivity index (χ1v) is 9.64. The number of aldehydes is 1. The molecule has 2 unspecified atom stereocenters. The van der Waals surface area contributed by atoms with Gasteiger partial charge in [-0.1, -0.05) is 8.58 Å². The molecule has 2 atom stereocenters. The summed E-state index contributed by atoms with van der Waals surface area (Å²) in [6.45, 7) is 9.02. The summed E-state index contributed by atoms with van der Waals surface area (Å²) >= 11 is 1.84. The Morgan fingerprint density at radius 3 is 2.65 bits per heavy atom. The number of ether oxygens (including phenoxy) is 1. The van der Waals surface area contributed by atoms with Crippen LogP contribution in [-0.2, 0) is 14.3 Å². The Hall–Kier alpha value is 0.0400. The maximum Gasteiger partial charge on any atom is 0.167 e. The zero-order chi connectivity index (χ0) is 15.4. The predicted octanol–water partition coefficient (Wildman–Crippen LogP) is 2.31. The van der Waals surface area contributed by atoms with Crippen LogP contribution in [0.3, 0.4) is 0 Å². The minimum atomic E-state index is -0.0344. The maximum absolute atomic E-state index is 11.9. The second kappa shape index (κ2) is 11.7. The Morgan fingerprint density at radius 2 is 2.10 bits per heavy atom. The topological polar surface area (TPSA) is 55.4 Å². The van der Waals surface area contributed by atoms with Crippen molar-refractivity contribution in [2.45, 2.75) is 45.2 Å². The van der Waals surface area contributed by atoms with E-state index >= 15 is 0 Å². The molecule has 20 heavy (non-hydrogen) atoms. The normalized spacial score (nSPS) is 13.8. The van der Waals surface area contributed by atoms with Gasteiger partial charge in [-0.3, -0.25) is 4.79 Å². The average Bonchev–Trinajstić information content (AvgIpc) is 2.38. The second-order valence-corrected chi connectivity index (χ2v) is 7.77. The third-order valence-corrected chi connectivity index (χ3v) is 4.43.